The lowest BCUT2D eigenvalue weighted by molar-refractivity contribution is 0.393. The molecule has 0 fully saturated rings. The van der Waals surface area contributed by atoms with Crippen molar-refractivity contribution in [2.75, 3.05) is 7.11 Å². The van der Waals surface area contributed by atoms with Crippen molar-refractivity contribution in [1.29, 1.82) is 0 Å². The number of benzene rings is 1. The summed E-state index contributed by atoms with van der Waals surface area (Å²) >= 11 is 0. The fourth-order valence-electron chi connectivity index (χ4n) is 3.11. The summed E-state index contributed by atoms with van der Waals surface area (Å²) in [7, 11) is 3.70. The minimum atomic E-state index is 0.203. The van der Waals surface area contributed by atoms with Crippen LogP contribution in [-0.4, -0.2) is 27.9 Å². The first-order valence-corrected chi connectivity index (χ1v) is 7.43. The summed E-state index contributed by atoms with van der Waals surface area (Å²) in [5.41, 5.74) is 2.84. The van der Waals surface area contributed by atoms with E-state index in [1.54, 1.807) is 13.4 Å². The Morgan fingerprint density at radius 3 is 2.95 bits per heavy atom. The van der Waals surface area contributed by atoms with Crippen LogP contribution in [0.4, 0.5) is 0 Å². The van der Waals surface area contributed by atoms with Gasteiger partial charge >= 0.3 is 0 Å². The number of rotatable bonds is 4. The first kappa shape index (κ1) is 14.1. The maximum atomic E-state index is 5.33. The molecule has 0 spiro atoms. The summed E-state index contributed by atoms with van der Waals surface area (Å²) in [6.45, 7) is 2.14. The molecule has 1 heterocycles. The van der Waals surface area contributed by atoms with Gasteiger partial charge in [0.25, 0.3) is 0 Å². The Morgan fingerprint density at radius 1 is 1.38 bits per heavy atom. The maximum Gasteiger partial charge on any atom is 0.149 e. The average Bonchev–Trinajstić information content (AvgIpc) is 2.92. The third-order valence-electron chi connectivity index (χ3n) is 4.26. The molecule has 1 aromatic heterocycles. The second-order valence-corrected chi connectivity index (χ2v) is 5.76. The smallest absolute Gasteiger partial charge is 0.149 e. The summed E-state index contributed by atoms with van der Waals surface area (Å²) in [5, 5.41) is 11.8. The van der Waals surface area contributed by atoms with Crippen molar-refractivity contribution < 1.29 is 4.74 Å². The summed E-state index contributed by atoms with van der Waals surface area (Å²) in [5.74, 6) is 1.92. The lowest BCUT2D eigenvalue weighted by Crippen LogP contribution is -2.37. The van der Waals surface area contributed by atoms with Crippen LogP contribution in [0.2, 0.25) is 0 Å². The van der Waals surface area contributed by atoms with Crippen LogP contribution in [0.1, 0.15) is 36.3 Å². The summed E-state index contributed by atoms with van der Waals surface area (Å²) < 4.78 is 7.30. The van der Waals surface area contributed by atoms with Crippen molar-refractivity contribution in [2.45, 2.75) is 38.3 Å². The number of nitrogens with one attached hydrogen (secondary N) is 1. The van der Waals surface area contributed by atoms with E-state index in [0.29, 0.717) is 6.04 Å². The Bertz CT molecular complexity index is 622. The molecule has 0 amide bonds. The molecule has 0 aliphatic heterocycles. The van der Waals surface area contributed by atoms with Crippen molar-refractivity contribution in [3.05, 3.63) is 41.5 Å². The SMILES string of the molecule is COc1ccc2c(c1)CC(NC(C)c1nncn1C)CC2. The van der Waals surface area contributed by atoms with Crippen LogP contribution in [0.3, 0.4) is 0 Å². The van der Waals surface area contributed by atoms with Crippen LogP contribution in [0, 0.1) is 0 Å². The fraction of sp³-hybridized carbons (Fsp3) is 0.500. The molecule has 0 saturated heterocycles. The molecule has 1 aliphatic carbocycles. The predicted molar refractivity (Wildman–Crippen MR) is 81.4 cm³/mol. The van der Waals surface area contributed by atoms with Gasteiger partial charge in [-0.05, 0) is 49.4 Å². The third-order valence-corrected chi connectivity index (χ3v) is 4.26. The van der Waals surface area contributed by atoms with Crippen molar-refractivity contribution in [3.63, 3.8) is 0 Å². The molecule has 21 heavy (non-hydrogen) atoms. The first-order valence-electron chi connectivity index (χ1n) is 7.43. The molecular weight excluding hydrogens is 264 g/mol. The van der Waals surface area contributed by atoms with Gasteiger partial charge in [0.15, 0.2) is 0 Å². The van der Waals surface area contributed by atoms with E-state index in [9.17, 15) is 0 Å². The molecule has 0 saturated carbocycles. The molecule has 0 radical (unpaired) electrons. The number of fused-ring (bicyclic) bond motifs is 1. The van der Waals surface area contributed by atoms with Crippen LogP contribution in [0.5, 0.6) is 5.75 Å². The molecule has 0 bridgehead atoms. The molecule has 2 unspecified atom stereocenters. The van der Waals surface area contributed by atoms with E-state index in [4.69, 9.17) is 4.74 Å². The standard InChI is InChI=1S/C16H22N4O/c1-11(16-19-17-10-20(16)2)18-14-6-4-12-5-7-15(21-3)9-13(12)8-14/h5,7,9-11,14,18H,4,6,8H2,1-3H3. The van der Waals surface area contributed by atoms with Gasteiger partial charge in [0.2, 0.25) is 0 Å². The van der Waals surface area contributed by atoms with Gasteiger partial charge in [-0.2, -0.15) is 0 Å². The molecule has 1 aliphatic rings. The van der Waals surface area contributed by atoms with Gasteiger partial charge in [0.05, 0.1) is 13.2 Å². The summed E-state index contributed by atoms with van der Waals surface area (Å²) in [4.78, 5) is 0. The lowest BCUT2D eigenvalue weighted by Gasteiger charge is -2.28. The zero-order chi connectivity index (χ0) is 14.8. The highest BCUT2D eigenvalue weighted by Crippen LogP contribution is 2.26. The third kappa shape index (κ3) is 2.93. The molecule has 112 valence electrons. The lowest BCUT2D eigenvalue weighted by atomic mass is 9.88. The van der Waals surface area contributed by atoms with Crippen LogP contribution in [-0.2, 0) is 19.9 Å². The van der Waals surface area contributed by atoms with Crippen molar-refractivity contribution in [3.8, 4) is 5.75 Å². The van der Waals surface area contributed by atoms with Gasteiger partial charge in [0.1, 0.15) is 17.9 Å². The number of aryl methyl sites for hydroxylation is 2. The van der Waals surface area contributed by atoms with E-state index >= 15 is 0 Å². The average molecular weight is 286 g/mol. The molecule has 1 N–H and O–H groups in total. The molecule has 1 aromatic carbocycles. The minimum absolute atomic E-state index is 0.203. The molecule has 2 atom stereocenters. The van der Waals surface area contributed by atoms with Gasteiger partial charge in [-0.3, -0.25) is 0 Å². The second-order valence-electron chi connectivity index (χ2n) is 5.76. The molecular formula is C16H22N4O. The Balaban J connectivity index is 1.70. The Kier molecular flexibility index (Phi) is 3.92. The van der Waals surface area contributed by atoms with Crippen LogP contribution < -0.4 is 10.1 Å². The number of hydrogen-bond acceptors (Lipinski definition) is 4. The number of aromatic nitrogens is 3. The molecule has 5 heteroatoms. The van der Waals surface area contributed by atoms with E-state index < -0.39 is 0 Å². The van der Waals surface area contributed by atoms with Crippen LogP contribution in [0.25, 0.3) is 0 Å². The van der Waals surface area contributed by atoms with Crippen molar-refractivity contribution >= 4 is 0 Å². The fourth-order valence-corrected chi connectivity index (χ4v) is 3.11. The number of ether oxygens (including phenoxy) is 1. The van der Waals surface area contributed by atoms with Crippen LogP contribution >= 0.6 is 0 Å². The highest BCUT2D eigenvalue weighted by Gasteiger charge is 2.22. The number of nitrogens with zero attached hydrogens (tertiary/aromatic N) is 3. The van der Waals surface area contributed by atoms with E-state index in [0.717, 1.165) is 30.8 Å². The Labute approximate surface area is 125 Å². The van der Waals surface area contributed by atoms with E-state index in [2.05, 4.69) is 40.6 Å². The topological polar surface area (TPSA) is 52.0 Å². The highest BCUT2D eigenvalue weighted by atomic mass is 16.5. The monoisotopic (exact) mass is 286 g/mol. The van der Waals surface area contributed by atoms with Crippen molar-refractivity contribution in [2.24, 2.45) is 7.05 Å². The summed E-state index contributed by atoms with van der Waals surface area (Å²) in [6, 6.07) is 7.08. The Hall–Kier alpha value is -1.88. The van der Waals surface area contributed by atoms with Crippen molar-refractivity contribution in [1.82, 2.24) is 20.1 Å². The second kappa shape index (κ2) is 5.85. The van der Waals surface area contributed by atoms with E-state index in [1.165, 1.54) is 11.1 Å². The molecule has 2 aromatic rings. The number of methoxy groups -OCH3 is 1. The minimum Gasteiger partial charge on any atom is -0.497 e. The summed E-state index contributed by atoms with van der Waals surface area (Å²) in [6.07, 6.45) is 5.05. The van der Waals surface area contributed by atoms with Gasteiger partial charge in [-0.15, -0.1) is 10.2 Å². The quantitative estimate of drug-likeness (QED) is 0.934. The maximum absolute atomic E-state index is 5.33. The zero-order valence-corrected chi connectivity index (χ0v) is 12.8. The highest BCUT2D eigenvalue weighted by molar-refractivity contribution is 5.37. The van der Waals surface area contributed by atoms with E-state index in [-0.39, 0.29) is 6.04 Å². The van der Waals surface area contributed by atoms with Crippen LogP contribution in [0.15, 0.2) is 24.5 Å². The van der Waals surface area contributed by atoms with Gasteiger partial charge < -0.3 is 14.6 Å². The first-order chi connectivity index (χ1) is 10.2. The molecule has 3 rings (SSSR count). The van der Waals surface area contributed by atoms with E-state index in [1.807, 2.05) is 11.6 Å². The Morgan fingerprint density at radius 2 is 2.24 bits per heavy atom. The zero-order valence-electron chi connectivity index (χ0n) is 12.8. The van der Waals surface area contributed by atoms with Gasteiger partial charge in [-0.1, -0.05) is 6.07 Å². The van der Waals surface area contributed by atoms with Gasteiger partial charge in [-0.25, -0.2) is 0 Å². The largest absolute Gasteiger partial charge is 0.497 e. The van der Waals surface area contributed by atoms with Gasteiger partial charge in [0, 0.05) is 13.1 Å². The normalized spacial score (nSPS) is 19.1. The number of hydrogen-bond donors (Lipinski definition) is 1. The molecule has 5 nitrogen and oxygen atoms in total. The predicted octanol–water partition coefficient (Wildman–Crippen LogP) is 2.03.